The van der Waals surface area contributed by atoms with E-state index in [1.165, 1.54) is 5.23 Å². The fourth-order valence-corrected chi connectivity index (χ4v) is 1.81. The van der Waals surface area contributed by atoms with E-state index in [1.807, 2.05) is 39.8 Å². The molecule has 0 radical (unpaired) electrons. The van der Waals surface area contributed by atoms with Crippen molar-refractivity contribution in [2.45, 2.75) is 38.9 Å². The fraction of sp³-hybridized carbons (Fsp3) is 0.462. The minimum absolute atomic E-state index is 0.149. The Kier molecular flexibility index (Phi) is 2.33. The van der Waals surface area contributed by atoms with Crippen LogP contribution in [0.15, 0.2) is 22.6 Å². The van der Waals surface area contributed by atoms with Crippen molar-refractivity contribution >= 4 is 22.8 Å². The maximum atomic E-state index is 5.83. The summed E-state index contributed by atoms with van der Waals surface area (Å²) in [6.45, 7) is 7.94. The number of nitrogens with two attached hydrogens (primary N) is 1. The lowest BCUT2D eigenvalue weighted by Gasteiger charge is -2.26. The van der Waals surface area contributed by atoms with Gasteiger partial charge in [-0.2, -0.15) is 4.98 Å². The molecular formula is C13H17N3O3. The van der Waals surface area contributed by atoms with Crippen molar-refractivity contribution in [2.24, 2.45) is 0 Å². The first-order valence-corrected chi connectivity index (χ1v) is 6.13. The zero-order valence-corrected chi connectivity index (χ0v) is 11.4. The summed E-state index contributed by atoms with van der Waals surface area (Å²) in [6.07, 6.45) is 0. The molecule has 0 atom stereocenters. The molecule has 0 spiro atoms. The Morgan fingerprint density at radius 1 is 1.11 bits per heavy atom. The largest absolute Gasteiger partial charge is 0.424 e. The number of fused-ring (bicyclic) bond motifs is 1. The average Bonchev–Trinajstić information content (AvgIpc) is 2.74. The topological polar surface area (TPSA) is 73.8 Å². The third kappa shape index (κ3) is 1.84. The molecule has 6 heteroatoms. The second-order valence-corrected chi connectivity index (χ2v) is 5.66. The molecule has 0 saturated carbocycles. The Morgan fingerprint density at radius 3 is 2.37 bits per heavy atom. The summed E-state index contributed by atoms with van der Waals surface area (Å²) in [6, 6.07) is 5.59. The van der Waals surface area contributed by atoms with Gasteiger partial charge in [-0.15, -0.1) is 5.23 Å². The highest BCUT2D eigenvalue weighted by molar-refractivity contribution is 5.78. The van der Waals surface area contributed by atoms with Gasteiger partial charge in [0.1, 0.15) is 16.7 Å². The lowest BCUT2D eigenvalue weighted by Crippen LogP contribution is -2.41. The number of aromatic nitrogens is 1. The van der Waals surface area contributed by atoms with Crippen LogP contribution in [0.2, 0.25) is 0 Å². The molecule has 102 valence electrons. The number of anilines is 2. The number of nitrogens with zero attached hydrogens (tertiary/aromatic N) is 2. The molecule has 2 aromatic rings. The van der Waals surface area contributed by atoms with Crippen LogP contribution in [0.4, 0.5) is 11.7 Å². The summed E-state index contributed by atoms with van der Waals surface area (Å²) in [7, 11) is 0. The minimum atomic E-state index is -0.426. The van der Waals surface area contributed by atoms with Crippen molar-refractivity contribution in [2.75, 3.05) is 11.0 Å². The lowest BCUT2D eigenvalue weighted by molar-refractivity contribution is -0.0272. The van der Waals surface area contributed by atoms with Gasteiger partial charge in [0, 0.05) is 0 Å². The van der Waals surface area contributed by atoms with Crippen molar-refractivity contribution in [1.29, 1.82) is 0 Å². The van der Waals surface area contributed by atoms with Gasteiger partial charge in [0.05, 0.1) is 5.69 Å². The standard InChI is InChI=1S/C13H17N3O3/c1-12(2)13(3,4)19-16(18-12)8-5-6-10-9(7-8)15-11(14)17-10/h5-7H,1-4H3,(H2,14,15). The van der Waals surface area contributed by atoms with Crippen LogP contribution < -0.4 is 11.0 Å². The summed E-state index contributed by atoms with van der Waals surface area (Å²) >= 11 is 0. The van der Waals surface area contributed by atoms with Gasteiger partial charge in [0.15, 0.2) is 5.58 Å². The van der Waals surface area contributed by atoms with E-state index in [-0.39, 0.29) is 6.01 Å². The molecule has 1 fully saturated rings. The van der Waals surface area contributed by atoms with E-state index >= 15 is 0 Å². The minimum Gasteiger partial charge on any atom is -0.424 e. The van der Waals surface area contributed by atoms with E-state index in [1.54, 1.807) is 6.07 Å². The molecule has 0 bridgehead atoms. The molecule has 0 unspecified atom stereocenters. The highest BCUT2D eigenvalue weighted by Crippen LogP contribution is 2.40. The van der Waals surface area contributed by atoms with Crippen molar-refractivity contribution in [3.8, 4) is 0 Å². The van der Waals surface area contributed by atoms with E-state index in [2.05, 4.69) is 4.98 Å². The fourth-order valence-electron chi connectivity index (χ4n) is 1.81. The van der Waals surface area contributed by atoms with Crippen LogP contribution in [0.1, 0.15) is 27.7 Å². The molecule has 1 aliphatic heterocycles. The van der Waals surface area contributed by atoms with Gasteiger partial charge in [-0.1, -0.05) is 0 Å². The Labute approximate surface area is 111 Å². The third-order valence-corrected chi connectivity index (χ3v) is 3.67. The smallest absolute Gasteiger partial charge is 0.292 e. The third-order valence-electron chi connectivity index (χ3n) is 3.67. The van der Waals surface area contributed by atoms with Crippen LogP contribution in [0.25, 0.3) is 11.1 Å². The lowest BCUT2D eigenvalue weighted by atomic mass is 9.90. The van der Waals surface area contributed by atoms with Crippen LogP contribution in [-0.4, -0.2) is 16.2 Å². The highest BCUT2D eigenvalue weighted by Gasteiger charge is 2.50. The van der Waals surface area contributed by atoms with E-state index in [4.69, 9.17) is 19.8 Å². The molecule has 1 saturated heterocycles. The summed E-state index contributed by atoms with van der Waals surface area (Å²) in [5.41, 5.74) is 6.73. The first-order chi connectivity index (χ1) is 8.78. The van der Waals surface area contributed by atoms with Crippen molar-refractivity contribution in [1.82, 2.24) is 4.98 Å². The number of rotatable bonds is 1. The molecule has 0 amide bonds. The van der Waals surface area contributed by atoms with Crippen LogP contribution in [0.3, 0.4) is 0 Å². The summed E-state index contributed by atoms with van der Waals surface area (Å²) < 4.78 is 5.23. The van der Waals surface area contributed by atoms with E-state index < -0.39 is 11.2 Å². The van der Waals surface area contributed by atoms with Gasteiger partial charge in [-0.05, 0) is 45.9 Å². The van der Waals surface area contributed by atoms with Crippen LogP contribution in [-0.2, 0) is 9.68 Å². The number of oxazole rings is 1. The maximum absolute atomic E-state index is 5.83. The summed E-state index contributed by atoms with van der Waals surface area (Å²) in [5.74, 6) is 0. The molecule has 6 nitrogen and oxygen atoms in total. The Hall–Kier alpha value is -1.79. The van der Waals surface area contributed by atoms with Crippen LogP contribution in [0, 0.1) is 0 Å². The van der Waals surface area contributed by atoms with Gasteiger partial charge < -0.3 is 10.2 Å². The van der Waals surface area contributed by atoms with E-state index in [9.17, 15) is 0 Å². The molecule has 3 rings (SSSR count). The molecule has 0 aliphatic carbocycles. The molecule has 19 heavy (non-hydrogen) atoms. The molecular weight excluding hydrogens is 246 g/mol. The molecule has 1 aliphatic rings. The van der Waals surface area contributed by atoms with Crippen molar-refractivity contribution in [3.05, 3.63) is 18.2 Å². The van der Waals surface area contributed by atoms with Gasteiger partial charge in [0.25, 0.3) is 6.01 Å². The zero-order chi connectivity index (χ0) is 13.8. The number of hydrogen-bond donors (Lipinski definition) is 1. The predicted octanol–water partition coefficient (Wildman–Crippen LogP) is 2.65. The zero-order valence-electron chi connectivity index (χ0n) is 11.4. The predicted molar refractivity (Wildman–Crippen MR) is 71.2 cm³/mol. The summed E-state index contributed by atoms with van der Waals surface area (Å²) in [5, 5.41) is 1.42. The number of nitrogen functional groups attached to an aromatic ring is 1. The van der Waals surface area contributed by atoms with Crippen LogP contribution in [0.5, 0.6) is 0 Å². The molecule has 2 N–H and O–H groups in total. The van der Waals surface area contributed by atoms with Crippen LogP contribution >= 0.6 is 0 Å². The van der Waals surface area contributed by atoms with Gasteiger partial charge in [0.2, 0.25) is 0 Å². The second kappa shape index (κ2) is 3.61. The number of hydrogen-bond acceptors (Lipinski definition) is 6. The normalized spacial score (nSPS) is 21.2. The Morgan fingerprint density at radius 2 is 1.74 bits per heavy atom. The molecule has 1 aromatic carbocycles. The average molecular weight is 263 g/mol. The second-order valence-electron chi connectivity index (χ2n) is 5.66. The Bertz CT molecular complexity index is 617. The molecule has 1 aromatic heterocycles. The van der Waals surface area contributed by atoms with Crippen molar-refractivity contribution in [3.63, 3.8) is 0 Å². The first-order valence-electron chi connectivity index (χ1n) is 6.13. The first kappa shape index (κ1) is 12.3. The van der Waals surface area contributed by atoms with E-state index in [0.717, 1.165) is 5.69 Å². The van der Waals surface area contributed by atoms with Gasteiger partial charge >= 0.3 is 0 Å². The maximum Gasteiger partial charge on any atom is 0.292 e. The SMILES string of the molecule is CC1(C)ON(c2ccc3oc(N)nc3c2)OC1(C)C. The molecule has 2 heterocycles. The summed E-state index contributed by atoms with van der Waals surface area (Å²) in [4.78, 5) is 15.7. The van der Waals surface area contributed by atoms with Gasteiger partial charge in [-0.3, -0.25) is 0 Å². The van der Waals surface area contributed by atoms with E-state index in [0.29, 0.717) is 11.1 Å². The van der Waals surface area contributed by atoms with Crippen molar-refractivity contribution < 1.29 is 14.1 Å². The Balaban J connectivity index is 1.97. The highest BCUT2D eigenvalue weighted by atomic mass is 17.0. The quantitative estimate of drug-likeness (QED) is 0.852. The van der Waals surface area contributed by atoms with Gasteiger partial charge in [-0.25, -0.2) is 9.68 Å². The number of benzene rings is 1. The monoisotopic (exact) mass is 263 g/mol.